The highest BCUT2D eigenvalue weighted by atomic mass is 35.5. The van der Waals surface area contributed by atoms with Gasteiger partial charge in [0.15, 0.2) is 5.82 Å². The van der Waals surface area contributed by atoms with Gasteiger partial charge in [0.1, 0.15) is 0 Å². The molecule has 0 saturated heterocycles. The van der Waals surface area contributed by atoms with Crippen molar-refractivity contribution >= 4 is 17.3 Å². The average Bonchev–Trinajstić information content (AvgIpc) is 2.43. The Morgan fingerprint density at radius 2 is 1.90 bits per heavy atom. The molecule has 0 radical (unpaired) electrons. The number of benzene rings is 2. The van der Waals surface area contributed by atoms with Crippen LogP contribution in [0.2, 0.25) is 5.02 Å². The van der Waals surface area contributed by atoms with Gasteiger partial charge in [-0.15, -0.1) is 0 Å². The highest BCUT2D eigenvalue weighted by Gasteiger charge is 2.16. The Bertz CT molecular complexity index is 601. The number of nitrogen functional groups attached to an aromatic ring is 1. The van der Waals surface area contributed by atoms with Crippen molar-refractivity contribution in [1.29, 1.82) is 0 Å². The zero-order chi connectivity index (χ0) is 14.7. The molecule has 1 unspecified atom stereocenters. The molecule has 0 aliphatic heterocycles. The van der Waals surface area contributed by atoms with Crippen molar-refractivity contribution in [3.8, 4) is 0 Å². The summed E-state index contributed by atoms with van der Waals surface area (Å²) in [6.45, 7) is 2.52. The monoisotopic (exact) mass is 292 g/mol. The van der Waals surface area contributed by atoms with Crippen LogP contribution in [0.3, 0.4) is 0 Å². The van der Waals surface area contributed by atoms with Gasteiger partial charge in [0, 0.05) is 23.2 Å². The van der Waals surface area contributed by atoms with Crippen molar-refractivity contribution in [3.05, 3.63) is 64.4 Å². The number of rotatable bonds is 4. The fourth-order valence-corrected chi connectivity index (χ4v) is 2.47. The van der Waals surface area contributed by atoms with E-state index in [9.17, 15) is 4.39 Å². The summed E-state index contributed by atoms with van der Waals surface area (Å²) in [6, 6.07) is 12.9. The second-order valence-electron chi connectivity index (χ2n) is 4.93. The summed E-state index contributed by atoms with van der Waals surface area (Å²) in [5.41, 5.74) is 7.39. The number of hydrogen-bond donors (Lipinski definition) is 1. The predicted molar refractivity (Wildman–Crippen MR) is 82.1 cm³/mol. The topological polar surface area (TPSA) is 29.3 Å². The molecule has 0 fully saturated rings. The summed E-state index contributed by atoms with van der Waals surface area (Å²) in [5, 5.41) is 0.722. The van der Waals surface area contributed by atoms with Gasteiger partial charge >= 0.3 is 0 Å². The van der Waals surface area contributed by atoms with E-state index in [-0.39, 0.29) is 17.5 Å². The fraction of sp³-hybridized carbons (Fsp3) is 0.250. The summed E-state index contributed by atoms with van der Waals surface area (Å²) in [7, 11) is 1.94. The normalized spacial score (nSPS) is 12.7. The van der Waals surface area contributed by atoms with Crippen LogP contribution in [-0.4, -0.2) is 11.9 Å². The van der Waals surface area contributed by atoms with Crippen LogP contribution in [0.5, 0.6) is 0 Å². The van der Waals surface area contributed by atoms with Crippen LogP contribution in [0, 0.1) is 5.82 Å². The van der Waals surface area contributed by atoms with Crippen LogP contribution in [0.15, 0.2) is 42.5 Å². The highest BCUT2D eigenvalue weighted by molar-refractivity contribution is 6.31. The minimum Gasteiger partial charge on any atom is -0.396 e. The van der Waals surface area contributed by atoms with Gasteiger partial charge in [-0.2, -0.15) is 0 Å². The lowest BCUT2D eigenvalue weighted by Gasteiger charge is -2.26. The standard InChI is InChI=1S/C16H18ClFN2/c1-11(13-7-3-4-8-14(13)17)20(2)10-12-6-5-9-15(19)16(12)18/h3-9,11H,10,19H2,1-2H3. The SMILES string of the molecule is CC(c1ccccc1Cl)N(C)Cc1cccc(N)c1F. The predicted octanol–water partition coefficient (Wildman–Crippen LogP) is 4.25. The van der Waals surface area contributed by atoms with E-state index in [0.717, 1.165) is 10.6 Å². The first-order valence-corrected chi connectivity index (χ1v) is 6.86. The zero-order valence-electron chi connectivity index (χ0n) is 11.6. The van der Waals surface area contributed by atoms with Gasteiger partial charge in [0.05, 0.1) is 5.69 Å². The largest absolute Gasteiger partial charge is 0.396 e. The maximum Gasteiger partial charge on any atom is 0.150 e. The zero-order valence-corrected chi connectivity index (χ0v) is 12.4. The van der Waals surface area contributed by atoms with Crippen LogP contribution in [0.1, 0.15) is 24.1 Å². The number of anilines is 1. The molecule has 0 aliphatic carbocycles. The minimum atomic E-state index is -0.342. The summed E-state index contributed by atoms with van der Waals surface area (Å²) >= 11 is 6.20. The number of hydrogen-bond acceptors (Lipinski definition) is 2. The minimum absolute atomic E-state index is 0.0875. The van der Waals surface area contributed by atoms with Crippen molar-refractivity contribution < 1.29 is 4.39 Å². The van der Waals surface area contributed by atoms with Crippen molar-refractivity contribution in [1.82, 2.24) is 4.90 Å². The average molecular weight is 293 g/mol. The molecule has 1 atom stereocenters. The molecule has 0 saturated carbocycles. The van der Waals surface area contributed by atoms with E-state index >= 15 is 0 Å². The maximum absolute atomic E-state index is 13.9. The van der Waals surface area contributed by atoms with Gasteiger partial charge in [0.2, 0.25) is 0 Å². The van der Waals surface area contributed by atoms with E-state index in [1.165, 1.54) is 0 Å². The third-order valence-corrected chi connectivity index (χ3v) is 3.89. The molecule has 4 heteroatoms. The molecule has 2 N–H and O–H groups in total. The molecular weight excluding hydrogens is 275 g/mol. The number of nitrogens with zero attached hydrogens (tertiary/aromatic N) is 1. The Balaban J connectivity index is 2.18. The third-order valence-electron chi connectivity index (χ3n) is 3.54. The second-order valence-corrected chi connectivity index (χ2v) is 5.34. The molecular formula is C16H18ClFN2. The highest BCUT2D eigenvalue weighted by Crippen LogP contribution is 2.28. The summed E-state index contributed by atoms with van der Waals surface area (Å²) < 4.78 is 13.9. The molecule has 2 rings (SSSR count). The van der Waals surface area contributed by atoms with Crippen LogP contribution >= 0.6 is 11.6 Å². The molecule has 2 nitrogen and oxygen atoms in total. The Labute approximate surface area is 124 Å². The van der Waals surface area contributed by atoms with Gasteiger partial charge in [-0.3, -0.25) is 4.90 Å². The lowest BCUT2D eigenvalue weighted by molar-refractivity contribution is 0.250. The maximum atomic E-state index is 13.9. The van der Waals surface area contributed by atoms with Crippen LogP contribution in [0.25, 0.3) is 0 Å². The molecule has 0 aliphatic rings. The Morgan fingerprint density at radius 1 is 1.20 bits per heavy atom. The van der Waals surface area contributed by atoms with E-state index in [1.54, 1.807) is 18.2 Å². The Morgan fingerprint density at radius 3 is 2.60 bits per heavy atom. The molecule has 2 aromatic carbocycles. The first-order chi connectivity index (χ1) is 9.50. The van der Waals surface area contributed by atoms with E-state index < -0.39 is 0 Å². The van der Waals surface area contributed by atoms with Crippen molar-refractivity contribution in [2.45, 2.75) is 19.5 Å². The summed E-state index contributed by atoms with van der Waals surface area (Å²) in [4.78, 5) is 2.04. The third kappa shape index (κ3) is 3.11. The lowest BCUT2D eigenvalue weighted by Crippen LogP contribution is -2.23. The molecule has 0 aromatic heterocycles. The number of nitrogens with two attached hydrogens (primary N) is 1. The molecule has 0 bridgehead atoms. The summed E-state index contributed by atoms with van der Waals surface area (Å²) in [5.74, 6) is -0.342. The van der Waals surface area contributed by atoms with Crippen molar-refractivity contribution in [3.63, 3.8) is 0 Å². The summed E-state index contributed by atoms with van der Waals surface area (Å²) in [6.07, 6.45) is 0. The van der Waals surface area contributed by atoms with E-state index in [0.29, 0.717) is 12.1 Å². The fourth-order valence-electron chi connectivity index (χ4n) is 2.18. The quantitative estimate of drug-likeness (QED) is 0.854. The van der Waals surface area contributed by atoms with Crippen LogP contribution in [0.4, 0.5) is 10.1 Å². The van der Waals surface area contributed by atoms with Crippen LogP contribution < -0.4 is 5.73 Å². The first-order valence-electron chi connectivity index (χ1n) is 6.48. The van der Waals surface area contributed by atoms with Gasteiger partial charge in [-0.25, -0.2) is 4.39 Å². The van der Waals surface area contributed by atoms with Crippen LogP contribution in [-0.2, 0) is 6.54 Å². The van der Waals surface area contributed by atoms with E-state index in [2.05, 4.69) is 0 Å². The molecule has 0 heterocycles. The smallest absolute Gasteiger partial charge is 0.150 e. The van der Waals surface area contributed by atoms with Crippen molar-refractivity contribution in [2.75, 3.05) is 12.8 Å². The molecule has 2 aromatic rings. The van der Waals surface area contributed by atoms with Gasteiger partial charge in [-0.1, -0.05) is 41.9 Å². The Hall–Kier alpha value is -1.58. The van der Waals surface area contributed by atoms with E-state index in [1.807, 2.05) is 43.1 Å². The lowest BCUT2D eigenvalue weighted by atomic mass is 10.1. The molecule has 20 heavy (non-hydrogen) atoms. The Kier molecular flexibility index (Phi) is 4.63. The van der Waals surface area contributed by atoms with E-state index in [4.69, 9.17) is 17.3 Å². The molecule has 0 amide bonds. The number of halogens is 2. The van der Waals surface area contributed by atoms with Gasteiger partial charge in [-0.05, 0) is 31.7 Å². The van der Waals surface area contributed by atoms with Crippen molar-refractivity contribution in [2.24, 2.45) is 0 Å². The van der Waals surface area contributed by atoms with Gasteiger partial charge in [0.25, 0.3) is 0 Å². The second kappa shape index (κ2) is 6.25. The molecule has 0 spiro atoms. The van der Waals surface area contributed by atoms with Gasteiger partial charge < -0.3 is 5.73 Å². The first kappa shape index (κ1) is 14.8. The molecule has 106 valence electrons.